The second kappa shape index (κ2) is 6.21. The van der Waals surface area contributed by atoms with Crippen molar-refractivity contribution in [1.82, 2.24) is 9.97 Å². The van der Waals surface area contributed by atoms with Gasteiger partial charge in [-0.2, -0.15) is 11.8 Å². The molecule has 0 radical (unpaired) electrons. The number of fused-ring (bicyclic) bond motifs is 1. The van der Waals surface area contributed by atoms with Crippen molar-refractivity contribution in [1.29, 1.82) is 0 Å². The van der Waals surface area contributed by atoms with E-state index in [2.05, 4.69) is 16.9 Å². The Balaban J connectivity index is 1.91. The van der Waals surface area contributed by atoms with E-state index in [0.717, 1.165) is 27.6 Å². The van der Waals surface area contributed by atoms with Crippen molar-refractivity contribution in [3.05, 3.63) is 18.2 Å². The molecule has 5 heteroatoms. The molecular formula is C12H17N3S2. The van der Waals surface area contributed by atoms with Crippen LogP contribution in [0.4, 0.5) is 5.69 Å². The van der Waals surface area contributed by atoms with Crippen LogP contribution in [-0.4, -0.2) is 27.2 Å². The van der Waals surface area contributed by atoms with Crippen LogP contribution in [0.15, 0.2) is 23.4 Å². The summed E-state index contributed by atoms with van der Waals surface area (Å²) in [6.07, 6.45) is 1.22. The zero-order chi connectivity index (χ0) is 12.1. The molecule has 0 aliphatic carbocycles. The molecule has 0 unspecified atom stereocenters. The first-order valence-electron chi connectivity index (χ1n) is 5.75. The Morgan fingerprint density at radius 2 is 2.24 bits per heavy atom. The summed E-state index contributed by atoms with van der Waals surface area (Å²) < 4.78 is 0. The molecule has 1 heterocycles. The number of anilines is 1. The Hall–Kier alpha value is -0.810. The van der Waals surface area contributed by atoms with Crippen LogP contribution >= 0.6 is 23.5 Å². The van der Waals surface area contributed by atoms with Crippen LogP contribution in [0, 0.1) is 0 Å². The Bertz CT molecular complexity index is 482. The predicted octanol–water partition coefficient (Wildman–Crippen LogP) is 3.38. The normalized spacial score (nSPS) is 11.1. The Kier molecular flexibility index (Phi) is 4.62. The van der Waals surface area contributed by atoms with Crippen LogP contribution in [0.2, 0.25) is 0 Å². The second-order valence-electron chi connectivity index (χ2n) is 3.72. The zero-order valence-corrected chi connectivity index (χ0v) is 11.5. The molecular weight excluding hydrogens is 250 g/mol. The molecule has 3 N–H and O–H groups in total. The summed E-state index contributed by atoms with van der Waals surface area (Å²) in [5.74, 6) is 3.55. The zero-order valence-electron chi connectivity index (χ0n) is 9.90. The van der Waals surface area contributed by atoms with Gasteiger partial charge < -0.3 is 10.7 Å². The Morgan fingerprint density at radius 3 is 3.06 bits per heavy atom. The smallest absolute Gasteiger partial charge is 0.166 e. The summed E-state index contributed by atoms with van der Waals surface area (Å²) in [5.41, 5.74) is 8.52. The largest absolute Gasteiger partial charge is 0.399 e. The summed E-state index contributed by atoms with van der Waals surface area (Å²) in [6, 6.07) is 5.77. The van der Waals surface area contributed by atoms with Gasteiger partial charge in [0.1, 0.15) is 0 Å². The molecule has 0 saturated heterocycles. The summed E-state index contributed by atoms with van der Waals surface area (Å²) in [5, 5.41) is 0.993. The fourth-order valence-corrected chi connectivity index (χ4v) is 3.19. The molecule has 0 atom stereocenters. The Labute approximate surface area is 110 Å². The molecule has 0 spiro atoms. The first kappa shape index (κ1) is 12.6. The van der Waals surface area contributed by atoms with Crippen molar-refractivity contribution in [2.24, 2.45) is 0 Å². The van der Waals surface area contributed by atoms with E-state index in [4.69, 9.17) is 5.73 Å². The lowest BCUT2D eigenvalue weighted by Crippen LogP contribution is -1.85. The number of nitrogen functional groups attached to an aromatic ring is 1. The van der Waals surface area contributed by atoms with Crippen molar-refractivity contribution in [3.63, 3.8) is 0 Å². The molecule has 0 saturated carbocycles. The summed E-state index contributed by atoms with van der Waals surface area (Å²) in [7, 11) is 0. The van der Waals surface area contributed by atoms with E-state index in [1.54, 1.807) is 11.8 Å². The van der Waals surface area contributed by atoms with Crippen LogP contribution < -0.4 is 5.73 Å². The minimum Gasteiger partial charge on any atom is -0.399 e. The third-order valence-corrected chi connectivity index (χ3v) is 4.31. The highest BCUT2D eigenvalue weighted by Gasteiger charge is 2.03. The molecule has 0 bridgehead atoms. The number of benzene rings is 1. The number of H-pyrrole nitrogens is 1. The lowest BCUT2D eigenvalue weighted by molar-refractivity contribution is 1.06. The predicted molar refractivity (Wildman–Crippen MR) is 78.8 cm³/mol. The number of imidazole rings is 1. The first-order valence-corrected chi connectivity index (χ1v) is 7.89. The average molecular weight is 267 g/mol. The minimum atomic E-state index is 0.775. The fourth-order valence-electron chi connectivity index (χ4n) is 1.55. The van der Waals surface area contributed by atoms with Crippen LogP contribution in [-0.2, 0) is 0 Å². The molecule has 3 nitrogen and oxygen atoms in total. The molecule has 1 aromatic heterocycles. The molecule has 0 amide bonds. The van der Waals surface area contributed by atoms with Gasteiger partial charge >= 0.3 is 0 Å². The number of hydrogen-bond donors (Lipinski definition) is 2. The number of nitrogens with zero attached hydrogens (tertiary/aromatic N) is 1. The van der Waals surface area contributed by atoms with Gasteiger partial charge in [0.25, 0.3) is 0 Å². The number of thioether (sulfide) groups is 2. The van der Waals surface area contributed by atoms with E-state index in [1.807, 2.05) is 30.0 Å². The monoisotopic (exact) mass is 267 g/mol. The van der Waals surface area contributed by atoms with Gasteiger partial charge in [-0.25, -0.2) is 4.98 Å². The van der Waals surface area contributed by atoms with E-state index in [9.17, 15) is 0 Å². The van der Waals surface area contributed by atoms with E-state index in [0.29, 0.717) is 0 Å². The molecule has 1 aromatic carbocycles. The highest BCUT2D eigenvalue weighted by atomic mass is 32.2. The van der Waals surface area contributed by atoms with Crippen LogP contribution in [0.3, 0.4) is 0 Å². The molecule has 0 fully saturated rings. The number of hydrogen-bond acceptors (Lipinski definition) is 4. The molecule has 17 heavy (non-hydrogen) atoms. The van der Waals surface area contributed by atoms with Gasteiger partial charge in [-0.05, 0) is 36.1 Å². The van der Waals surface area contributed by atoms with E-state index < -0.39 is 0 Å². The fraction of sp³-hybridized carbons (Fsp3) is 0.417. The van der Waals surface area contributed by atoms with Crippen molar-refractivity contribution in [2.75, 3.05) is 23.0 Å². The van der Waals surface area contributed by atoms with Gasteiger partial charge in [0.05, 0.1) is 11.0 Å². The van der Waals surface area contributed by atoms with E-state index >= 15 is 0 Å². The summed E-state index contributed by atoms with van der Waals surface area (Å²) >= 11 is 3.77. The van der Waals surface area contributed by atoms with Gasteiger partial charge in [0.2, 0.25) is 0 Å². The van der Waals surface area contributed by atoms with Crippen molar-refractivity contribution >= 4 is 40.2 Å². The van der Waals surface area contributed by atoms with Gasteiger partial charge in [-0.1, -0.05) is 18.7 Å². The van der Waals surface area contributed by atoms with Crippen LogP contribution in [0.5, 0.6) is 0 Å². The maximum absolute atomic E-state index is 5.73. The van der Waals surface area contributed by atoms with E-state index in [-0.39, 0.29) is 0 Å². The van der Waals surface area contributed by atoms with Crippen molar-refractivity contribution in [2.45, 2.75) is 18.5 Å². The highest BCUT2D eigenvalue weighted by molar-refractivity contribution is 8.00. The van der Waals surface area contributed by atoms with Crippen molar-refractivity contribution < 1.29 is 0 Å². The first-order chi connectivity index (χ1) is 8.29. The average Bonchev–Trinajstić information content (AvgIpc) is 2.70. The summed E-state index contributed by atoms with van der Waals surface area (Å²) in [6.45, 7) is 2.20. The summed E-state index contributed by atoms with van der Waals surface area (Å²) in [4.78, 5) is 7.81. The number of aromatic amines is 1. The quantitative estimate of drug-likeness (QED) is 0.478. The molecule has 92 valence electrons. The molecule has 0 aliphatic rings. The van der Waals surface area contributed by atoms with E-state index in [1.165, 1.54) is 17.9 Å². The number of aromatic nitrogens is 2. The third-order valence-electron chi connectivity index (χ3n) is 2.36. The number of nitrogens with two attached hydrogens (primary N) is 1. The lowest BCUT2D eigenvalue weighted by atomic mass is 10.3. The lowest BCUT2D eigenvalue weighted by Gasteiger charge is -1.97. The third kappa shape index (κ3) is 3.57. The SMILES string of the molecule is CCSCCCSc1nc2ccc(N)cc2[nH]1. The van der Waals surface area contributed by atoms with Gasteiger partial charge in [-0.3, -0.25) is 0 Å². The maximum Gasteiger partial charge on any atom is 0.166 e. The van der Waals surface area contributed by atoms with Crippen molar-refractivity contribution in [3.8, 4) is 0 Å². The second-order valence-corrected chi connectivity index (χ2v) is 6.19. The maximum atomic E-state index is 5.73. The topological polar surface area (TPSA) is 54.7 Å². The molecule has 2 aromatic rings. The molecule has 2 rings (SSSR count). The van der Waals surface area contributed by atoms with Gasteiger partial charge in [0, 0.05) is 11.4 Å². The van der Waals surface area contributed by atoms with Crippen LogP contribution in [0.25, 0.3) is 11.0 Å². The number of rotatable bonds is 6. The standard InChI is InChI=1S/C12H17N3S2/c1-2-16-6-3-7-17-12-14-10-5-4-9(13)8-11(10)15-12/h4-5,8H,2-3,6-7,13H2,1H3,(H,14,15). The number of nitrogens with one attached hydrogen (secondary N) is 1. The Morgan fingerprint density at radius 1 is 1.35 bits per heavy atom. The van der Waals surface area contributed by atoms with Gasteiger partial charge in [-0.15, -0.1) is 0 Å². The van der Waals surface area contributed by atoms with Gasteiger partial charge in [0.15, 0.2) is 5.16 Å². The molecule has 0 aliphatic heterocycles. The minimum absolute atomic E-state index is 0.775. The van der Waals surface area contributed by atoms with Crippen LogP contribution in [0.1, 0.15) is 13.3 Å². The highest BCUT2D eigenvalue weighted by Crippen LogP contribution is 2.21.